The fraction of sp³-hybridized carbons (Fsp3) is 0.167. The summed E-state index contributed by atoms with van der Waals surface area (Å²) in [5, 5.41) is 3.39. The summed E-state index contributed by atoms with van der Waals surface area (Å²) in [5.74, 6) is -0.955. The Hall–Kier alpha value is -4.89. The van der Waals surface area contributed by atoms with Crippen LogP contribution in [0, 0.1) is 0 Å². The van der Waals surface area contributed by atoms with Gasteiger partial charge in [-0.15, -0.1) is 0 Å². The van der Waals surface area contributed by atoms with E-state index in [-0.39, 0.29) is 24.0 Å². The number of barbiturate groups is 1. The largest absolute Gasteiger partial charge is 0.488 e. The number of carbonyl (C=O) groups excluding carboxylic acids is 3. The van der Waals surface area contributed by atoms with Crippen LogP contribution in [0.2, 0.25) is 10.0 Å². The van der Waals surface area contributed by atoms with Gasteiger partial charge in [-0.05, 0) is 83.6 Å². The Morgan fingerprint density at radius 3 is 2.04 bits per heavy atom. The molecule has 0 spiro atoms. The number of nitrogens with one attached hydrogen (secondary N) is 1. The Kier molecular flexibility index (Phi) is 9.38. The molecule has 0 aliphatic carbocycles. The normalized spacial score (nSPS) is 19.1. The summed E-state index contributed by atoms with van der Waals surface area (Å²) >= 11 is 16.0. The maximum absolute atomic E-state index is 14.4. The summed E-state index contributed by atoms with van der Waals surface area (Å²) in [6.45, 7) is 1.94. The second-order valence-electron chi connectivity index (χ2n) is 13.1. The standard InChI is InChI=1S/C42H32BrCl2N3O4/c43-29-12-14-38(52-24-27-11-13-30(44)21-37(27)45)28(19-29)20-36-40(49)46-42(51)48(41(36)50)31-22-34-32(25-7-3-1-4-8-25)15-17-47-18-16-33(35(23-31)39(34)47)26-9-5-2-6-10-26/h1-14,19-23,32-33H,15-18,24H2,(H,46,49,51)/b36-20+/t32-,33-/m0/s1. The first-order valence-corrected chi connectivity index (χ1v) is 18.6. The van der Waals surface area contributed by atoms with E-state index in [1.54, 1.807) is 36.4 Å². The van der Waals surface area contributed by atoms with Crippen molar-refractivity contribution in [3.8, 4) is 5.75 Å². The van der Waals surface area contributed by atoms with Crippen molar-refractivity contribution in [3.05, 3.63) is 163 Å². The summed E-state index contributed by atoms with van der Waals surface area (Å²) in [6.07, 6.45) is 3.25. The molecule has 10 heteroatoms. The predicted molar refractivity (Wildman–Crippen MR) is 208 cm³/mol. The fourth-order valence-electron chi connectivity index (χ4n) is 7.57. The molecule has 0 radical (unpaired) electrons. The van der Waals surface area contributed by atoms with Crippen LogP contribution in [0.5, 0.6) is 5.75 Å². The van der Waals surface area contributed by atoms with E-state index in [4.69, 9.17) is 27.9 Å². The van der Waals surface area contributed by atoms with Gasteiger partial charge in [-0.25, -0.2) is 9.69 Å². The van der Waals surface area contributed by atoms with Crippen LogP contribution in [0.4, 0.5) is 16.2 Å². The number of imide groups is 2. The molecule has 0 aromatic heterocycles. The Labute approximate surface area is 319 Å². The van der Waals surface area contributed by atoms with E-state index < -0.39 is 17.8 Å². The molecule has 3 aliphatic heterocycles. The smallest absolute Gasteiger partial charge is 0.335 e. The highest BCUT2D eigenvalue weighted by molar-refractivity contribution is 9.10. The van der Waals surface area contributed by atoms with Gasteiger partial charge in [-0.3, -0.25) is 14.9 Å². The third-order valence-corrected chi connectivity index (χ3v) is 11.1. The maximum Gasteiger partial charge on any atom is 0.335 e. The molecule has 260 valence electrons. The molecule has 3 aliphatic rings. The first kappa shape index (κ1) is 34.2. The molecule has 8 rings (SSSR count). The number of carbonyl (C=O) groups is 3. The van der Waals surface area contributed by atoms with E-state index in [9.17, 15) is 14.4 Å². The number of urea groups is 1. The first-order chi connectivity index (χ1) is 25.2. The Balaban J connectivity index is 1.21. The lowest BCUT2D eigenvalue weighted by molar-refractivity contribution is -0.122. The van der Waals surface area contributed by atoms with Gasteiger partial charge in [0.2, 0.25) is 0 Å². The van der Waals surface area contributed by atoms with E-state index in [1.165, 1.54) is 17.2 Å². The molecule has 0 bridgehead atoms. The Morgan fingerprint density at radius 2 is 1.42 bits per heavy atom. The second-order valence-corrected chi connectivity index (χ2v) is 14.9. The van der Waals surface area contributed by atoms with Gasteiger partial charge < -0.3 is 9.64 Å². The van der Waals surface area contributed by atoms with Crippen molar-refractivity contribution in [1.29, 1.82) is 0 Å². The van der Waals surface area contributed by atoms with E-state index in [0.717, 1.165) is 47.6 Å². The first-order valence-electron chi connectivity index (χ1n) is 17.1. The van der Waals surface area contributed by atoms with Crippen LogP contribution in [-0.2, 0) is 16.2 Å². The number of hydrogen-bond acceptors (Lipinski definition) is 5. The summed E-state index contributed by atoms with van der Waals surface area (Å²) in [7, 11) is 0. The van der Waals surface area contributed by atoms with E-state index in [1.807, 2.05) is 48.5 Å². The number of hydrogen-bond donors (Lipinski definition) is 1. The van der Waals surface area contributed by atoms with Crippen LogP contribution in [-0.4, -0.2) is 30.9 Å². The van der Waals surface area contributed by atoms with Crippen molar-refractivity contribution in [2.24, 2.45) is 0 Å². The molecule has 0 saturated carbocycles. The van der Waals surface area contributed by atoms with Gasteiger partial charge in [-0.1, -0.05) is 106 Å². The van der Waals surface area contributed by atoms with Crippen LogP contribution < -0.4 is 19.9 Å². The zero-order valence-electron chi connectivity index (χ0n) is 27.8. The van der Waals surface area contributed by atoms with Gasteiger partial charge in [0.05, 0.1) is 5.69 Å². The minimum Gasteiger partial charge on any atom is -0.488 e. The molecule has 1 N–H and O–H groups in total. The molecular weight excluding hydrogens is 761 g/mol. The maximum atomic E-state index is 14.4. The molecule has 7 nitrogen and oxygen atoms in total. The molecule has 4 amide bonds. The van der Waals surface area contributed by atoms with Crippen LogP contribution >= 0.6 is 39.1 Å². The average molecular weight is 794 g/mol. The van der Waals surface area contributed by atoms with Gasteiger partial charge >= 0.3 is 6.03 Å². The number of rotatable bonds is 7. The van der Waals surface area contributed by atoms with Crippen molar-refractivity contribution < 1.29 is 19.1 Å². The second kappa shape index (κ2) is 14.3. The van der Waals surface area contributed by atoms with Crippen LogP contribution in [0.15, 0.2) is 119 Å². The number of benzene rings is 5. The average Bonchev–Trinajstić information content (AvgIpc) is 3.14. The molecule has 3 heterocycles. The molecule has 1 saturated heterocycles. The minimum atomic E-state index is -0.793. The van der Waals surface area contributed by atoms with Gasteiger partial charge in [0, 0.05) is 56.3 Å². The monoisotopic (exact) mass is 791 g/mol. The highest BCUT2D eigenvalue weighted by atomic mass is 79.9. The van der Waals surface area contributed by atoms with Gasteiger partial charge in [-0.2, -0.15) is 0 Å². The topological polar surface area (TPSA) is 79.0 Å². The highest BCUT2D eigenvalue weighted by Gasteiger charge is 2.40. The SMILES string of the molecule is O=C1NC(=O)N(c2cc3c4c(c2)[C@H](c2ccccc2)CCN4CC[C@H]3c2ccccc2)C(=O)/C1=C/c1cc(Br)ccc1OCc1ccc(Cl)cc1Cl. The van der Waals surface area contributed by atoms with Crippen LogP contribution in [0.25, 0.3) is 6.08 Å². The summed E-state index contributed by atoms with van der Waals surface area (Å²) in [5.41, 5.74) is 7.06. The number of ether oxygens (including phenoxy) is 1. The minimum absolute atomic E-state index is 0.0655. The van der Waals surface area contributed by atoms with E-state index in [0.29, 0.717) is 37.1 Å². The third-order valence-electron chi connectivity index (χ3n) is 10.0. The molecule has 5 aromatic carbocycles. The quantitative estimate of drug-likeness (QED) is 0.131. The summed E-state index contributed by atoms with van der Waals surface area (Å²) in [6, 6.07) is 34.3. The Bertz CT molecular complexity index is 2190. The lowest BCUT2D eigenvalue weighted by Crippen LogP contribution is -2.54. The Morgan fingerprint density at radius 1 is 0.788 bits per heavy atom. The molecule has 1 fully saturated rings. The molecule has 52 heavy (non-hydrogen) atoms. The zero-order chi connectivity index (χ0) is 35.9. The lowest BCUT2D eigenvalue weighted by Gasteiger charge is -2.44. The van der Waals surface area contributed by atoms with Crippen molar-refractivity contribution in [2.45, 2.75) is 31.3 Å². The molecule has 0 unspecified atom stereocenters. The van der Waals surface area contributed by atoms with Crippen LogP contribution in [0.1, 0.15) is 58.1 Å². The number of halogens is 3. The molecule has 5 aromatic rings. The number of amides is 4. The van der Waals surface area contributed by atoms with Crippen molar-refractivity contribution in [1.82, 2.24) is 5.32 Å². The number of anilines is 2. The van der Waals surface area contributed by atoms with Gasteiger partial charge in [0.1, 0.15) is 17.9 Å². The van der Waals surface area contributed by atoms with Crippen molar-refractivity contribution in [2.75, 3.05) is 22.9 Å². The molecular formula is C42H32BrCl2N3O4. The van der Waals surface area contributed by atoms with Crippen molar-refractivity contribution >= 4 is 74.4 Å². The van der Waals surface area contributed by atoms with Gasteiger partial charge in [0.15, 0.2) is 0 Å². The zero-order valence-corrected chi connectivity index (χ0v) is 30.9. The van der Waals surface area contributed by atoms with Gasteiger partial charge in [0.25, 0.3) is 11.8 Å². The number of nitrogens with zero attached hydrogens (tertiary/aromatic N) is 2. The summed E-state index contributed by atoms with van der Waals surface area (Å²) < 4.78 is 6.85. The molecule has 2 atom stereocenters. The predicted octanol–water partition coefficient (Wildman–Crippen LogP) is 9.88. The lowest BCUT2D eigenvalue weighted by atomic mass is 9.76. The van der Waals surface area contributed by atoms with Crippen LogP contribution in [0.3, 0.4) is 0 Å². The summed E-state index contributed by atoms with van der Waals surface area (Å²) in [4.78, 5) is 45.0. The third kappa shape index (κ3) is 6.51. The van der Waals surface area contributed by atoms with Crippen molar-refractivity contribution in [3.63, 3.8) is 0 Å². The van der Waals surface area contributed by atoms with E-state index in [2.05, 4.69) is 50.4 Å². The highest BCUT2D eigenvalue weighted by Crippen LogP contribution is 2.50. The fourth-order valence-corrected chi connectivity index (χ4v) is 8.42. The van der Waals surface area contributed by atoms with E-state index >= 15 is 0 Å².